The molecule has 0 spiro atoms. The largest absolute Gasteiger partial charge is 0.376 e. The van der Waals surface area contributed by atoms with Crippen LogP contribution in [-0.4, -0.2) is 31.7 Å². The van der Waals surface area contributed by atoms with Gasteiger partial charge in [-0.1, -0.05) is 23.7 Å². The molecule has 0 bridgehead atoms. The summed E-state index contributed by atoms with van der Waals surface area (Å²) in [6.45, 7) is 1.26. The van der Waals surface area contributed by atoms with Gasteiger partial charge in [-0.05, 0) is 12.1 Å². The van der Waals surface area contributed by atoms with Crippen LogP contribution in [0.5, 0.6) is 0 Å². The van der Waals surface area contributed by atoms with Gasteiger partial charge >= 0.3 is 0 Å². The van der Waals surface area contributed by atoms with E-state index in [0.29, 0.717) is 23.8 Å². The van der Waals surface area contributed by atoms with Crippen molar-refractivity contribution >= 4 is 17.4 Å². The Bertz CT molecular complexity index is 361. The van der Waals surface area contributed by atoms with Gasteiger partial charge in [0, 0.05) is 10.6 Å². The topological polar surface area (TPSA) is 35.5 Å². The van der Waals surface area contributed by atoms with E-state index < -0.39 is 0 Å². The van der Waals surface area contributed by atoms with Gasteiger partial charge in [-0.25, -0.2) is 0 Å². The van der Waals surface area contributed by atoms with Gasteiger partial charge in [-0.15, -0.1) is 0 Å². The van der Waals surface area contributed by atoms with E-state index in [-0.39, 0.29) is 18.5 Å². The third kappa shape index (κ3) is 2.78. The van der Waals surface area contributed by atoms with Crippen molar-refractivity contribution in [3.8, 4) is 0 Å². The number of rotatable bonds is 4. The molecule has 3 nitrogen and oxygen atoms in total. The zero-order chi connectivity index (χ0) is 10.7. The molecular formula is C11H11ClO3. The van der Waals surface area contributed by atoms with Crippen LogP contribution >= 0.6 is 11.6 Å². The normalized spacial score (nSPS) is 16.1. The summed E-state index contributed by atoms with van der Waals surface area (Å²) in [6, 6.07) is 6.86. The number of ketones is 1. The molecule has 1 aromatic rings. The fourth-order valence-electron chi connectivity index (χ4n) is 1.25. The summed E-state index contributed by atoms with van der Waals surface area (Å²) in [7, 11) is 0. The average molecular weight is 227 g/mol. The van der Waals surface area contributed by atoms with Crippen molar-refractivity contribution < 1.29 is 14.3 Å². The van der Waals surface area contributed by atoms with Gasteiger partial charge in [0.1, 0.15) is 12.7 Å². The predicted molar refractivity (Wildman–Crippen MR) is 56.3 cm³/mol. The van der Waals surface area contributed by atoms with E-state index >= 15 is 0 Å². The minimum atomic E-state index is -0.0515. The lowest BCUT2D eigenvalue weighted by atomic mass is 10.1. The zero-order valence-corrected chi connectivity index (χ0v) is 8.87. The second kappa shape index (κ2) is 4.75. The monoisotopic (exact) mass is 226 g/mol. The summed E-state index contributed by atoms with van der Waals surface area (Å²) in [5.41, 5.74) is 0.586. The smallest absolute Gasteiger partial charge is 0.188 e. The summed E-state index contributed by atoms with van der Waals surface area (Å²) in [5, 5.41) is 0.563. The first-order chi connectivity index (χ1) is 7.25. The Morgan fingerprint density at radius 1 is 1.53 bits per heavy atom. The Morgan fingerprint density at radius 3 is 2.93 bits per heavy atom. The molecular weight excluding hydrogens is 216 g/mol. The molecule has 1 aliphatic heterocycles. The van der Waals surface area contributed by atoms with Crippen molar-refractivity contribution in [3.63, 3.8) is 0 Å². The van der Waals surface area contributed by atoms with Crippen LogP contribution in [0.4, 0.5) is 0 Å². The van der Waals surface area contributed by atoms with Crippen LogP contribution < -0.4 is 0 Å². The van der Waals surface area contributed by atoms with Crippen LogP contribution in [0.3, 0.4) is 0 Å². The maximum Gasteiger partial charge on any atom is 0.188 e. The van der Waals surface area contributed by atoms with Crippen LogP contribution in [0.25, 0.3) is 0 Å². The molecule has 1 saturated heterocycles. The molecule has 2 rings (SSSR count). The van der Waals surface area contributed by atoms with Crippen LogP contribution in [-0.2, 0) is 9.47 Å². The van der Waals surface area contributed by atoms with Crippen molar-refractivity contribution in [1.29, 1.82) is 0 Å². The quantitative estimate of drug-likeness (QED) is 0.736. The van der Waals surface area contributed by atoms with E-state index in [9.17, 15) is 4.79 Å². The molecule has 0 aromatic heterocycles. The van der Waals surface area contributed by atoms with E-state index in [1.165, 1.54) is 0 Å². The molecule has 0 radical (unpaired) electrons. The second-order valence-electron chi connectivity index (χ2n) is 3.40. The summed E-state index contributed by atoms with van der Waals surface area (Å²) in [6.07, 6.45) is 0.0770. The van der Waals surface area contributed by atoms with Crippen molar-refractivity contribution in [3.05, 3.63) is 34.9 Å². The number of hydrogen-bond donors (Lipinski definition) is 0. The molecule has 80 valence electrons. The lowest BCUT2D eigenvalue weighted by Crippen LogP contribution is -2.37. The molecule has 4 heteroatoms. The minimum Gasteiger partial charge on any atom is -0.376 e. The van der Waals surface area contributed by atoms with Crippen molar-refractivity contribution in [2.24, 2.45) is 0 Å². The number of benzene rings is 1. The Balaban J connectivity index is 1.89. The van der Waals surface area contributed by atoms with Gasteiger partial charge in [-0.3, -0.25) is 4.79 Å². The highest BCUT2D eigenvalue weighted by Gasteiger charge is 2.20. The number of Topliss-reactive ketones (excluding diaryl/α,β-unsaturated/α-hetero) is 1. The highest BCUT2D eigenvalue weighted by Crippen LogP contribution is 2.12. The average Bonchev–Trinajstić information content (AvgIpc) is 2.15. The molecule has 1 aromatic carbocycles. The highest BCUT2D eigenvalue weighted by molar-refractivity contribution is 6.31. The predicted octanol–water partition coefficient (Wildman–Crippen LogP) is 1.94. The summed E-state index contributed by atoms with van der Waals surface area (Å²) in [4.78, 5) is 11.6. The maximum atomic E-state index is 11.6. The second-order valence-corrected chi connectivity index (χ2v) is 3.84. The maximum absolute atomic E-state index is 11.6. The third-order valence-corrected chi connectivity index (χ3v) is 2.44. The molecule has 1 aliphatic rings. The van der Waals surface area contributed by atoms with Crippen LogP contribution in [0.1, 0.15) is 10.4 Å². The van der Waals surface area contributed by atoms with Crippen molar-refractivity contribution in [2.75, 3.05) is 19.8 Å². The fourth-order valence-corrected chi connectivity index (χ4v) is 1.44. The molecule has 1 fully saturated rings. The Labute approximate surface area is 92.9 Å². The first-order valence-electron chi connectivity index (χ1n) is 4.74. The van der Waals surface area contributed by atoms with E-state index in [2.05, 4.69) is 0 Å². The SMILES string of the molecule is O=C(COC1COC1)c1cccc(Cl)c1. The van der Waals surface area contributed by atoms with Crippen molar-refractivity contribution in [1.82, 2.24) is 0 Å². The molecule has 0 atom stereocenters. The number of carbonyl (C=O) groups is 1. The van der Waals surface area contributed by atoms with Gasteiger partial charge in [0.2, 0.25) is 0 Å². The van der Waals surface area contributed by atoms with Gasteiger partial charge in [0.05, 0.1) is 13.2 Å². The number of carbonyl (C=O) groups excluding carboxylic acids is 1. The van der Waals surface area contributed by atoms with Gasteiger partial charge < -0.3 is 9.47 Å². The zero-order valence-electron chi connectivity index (χ0n) is 8.11. The van der Waals surface area contributed by atoms with Crippen LogP contribution in [0, 0.1) is 0 Å². The first-order valence-corrected chi connectivity index (χ1v) is 5.11. The lowest BCUT2D eigenvalue weighted by Gasteiger charge is -2.25. The van der Waals surface area contributed by atoms with E-state index in [4.69, 9.17) is 21.1 Å². The summed E-state index contributed by atoms with van der Waals surface area (Å²) >= 11 is 5.78. The number of hydrogen-bond acceptors (Lipinski definition) is 3. The lowest BCUT2D eigenvalue weighted by molar-refractivity contribution is -0.123. The van der Waals surface area contributed by atoms with Gasteiger partial charge in [-0.2, -0.15) is 0 Å². The number of halogens is 1. The van der Waals surface area contributed by atoms with Gasteiger partial charge in [0.25, 0.3) is 0 Å². The molecule has 0 aliphatic carbocycles. The fraction of sp³-hybridized carbons (Fsp3) is 0.364. The van der Waals surface area contributed by atoms with Crippen LogP contribution in [0.2, 0.25) is 5.02 Å². The molecule has 0 saturated carbocycles. The van der Waals surface area contributed by atoms with E-state index in [1.807, 2.05) is 0 Å². The van der Waals surface area contributed by atoms with E-state index in [0.717, 1.165) is 0 Å². The Morgan fingerprint density at radius 2 is 2.33 bits per heavy atom. The summed E-state index contributed by atoms with van der Waals surface area (Å²) < 4.78 is 10.3. The molecule has 0 unspecified atom stereocenters. The van der Waals surface area contributed by atoms with Gasteiger partial charge in [0.15, 0.2) is 5.78 Å². The minimum absolute atomic E-state index is 0.0515. The summed E-state index contributed by atoms with van der Waals surface area (Å²) in [5.74, 6) is -0.0515. The third-order valence-electron chi connectivity index (χ3n) is 2.20. The van der Waals surface area contributed by atoms with Crippen molar-refractivity contribution in [2.45, 2.75) is 6.10 Å². The number of ether oxygens (including phenoxy) is 2. The Hall–Kier alpha value is -0.900. The molecule has 0 amide bonds. The van der Waals surface area contributed by atoms with Crippen LogP contribution in [0.15, 0.2) is 24.3 Å². The highest BCUT2D eigenvalue weighted by atomic mass is 35.5. The Kier molecular flexibility index (Phi) is 3.36. The molecule has 15 heavy (non-hydrogen) atoms. The molecule has 0 N–H and O–H groups in total. The molecule has 1 heterocycles. The first kappa shape index (κ1) is 10.6. The standard InChI is InChI=1S/C11H11ClO3/c12-9-3-1-2-8(4-9)11(13)7-15-10-5-14-6-10/h1-4,10H,5-7H2. The van der Waals surface area contributed by atoms with E-state index in [1.54, 1.807) is 24.3 Å².